The Morgan fingerprint density at radius 2 is 0.820 bits per heavy atom. The summed E-state index contributed by atoms with van der Waals surface area (Å²) in [5.74, 6) is 2.62. The van der Waals surface area contributed by atoms with Crippen LogP contribution in [-0.2, 0) is 78.4 Å². The van der Waals surface area contributed by atoms with Crippen molar-refractivity contribution < 1.29 is 33.6 Å². The third-order valence-corrected chi connectivity index (χ3v) is 24.4. The van der Waals surface area contributed by atoms with Gasteiger partial charge in [-0.15, -0.1) is 0 Å². The Hall–Kier alpha value is -13.2. The number of urea groups is 1. The van der Waals surface area contributed by atoms with Crippen LogP contribution in [0.15, 0.2) is 91.6 Å². The number of likely N-dealkylation sites (N-methyl/N-ethyl adjacent to an activating group) is 1. The number of benzene rings is 5. The molecule has 3 unspecified atom stereocenters. The number of carbonyl (C=O) groups is 2. The number of fused-ring (bicyclic) bond motifs is 9. The number of ether oxygens (including phenoxy) is 3. The molecule has 4 aliphatic heterocycles. The van der Waals surface area contributed by atoms with Crippen molar-refractivity contribution in [3.05, 3.63) is 173 Å². The van der Waals surface area contributed by atoms with Gasteiger partial charge in [0, 0.05) is 46.0 Å². The average molecular weight is 1650 g/mol. The molecule has 0 bridgehead atoms. The number of piperazine rings is 1. The molecule has 15 N–H and O–H groups in total. The fourth-order valence-corrected chi connectivity index (χ4v) is 17.8. The van der Waals surface area contributed by atoms with E-state index in [9.17, 15) is 29.8 Å². The van der Waals surface area contributed by atoms with Crippen molar-refractivity contribution in [3.8, 4) is 46.1 Å². The van der Waals surface area contributed by atoms with Crippen LogP contribution in [0, 0.1) is 20.2 Å². The Morgan fingerprint density at radius 1 is 0.443 bits per heavy atom. The maximum Gasteiger partial charge on any atom is 0.322 e. The lowest BCUT2D eigenvalue weighted by Gasteiger charge is -2.32. The molecule has 5 aromatic carbocycles. The Kier molecular flexibility index (Phi) is 22.8. The van der Waals surface area contributed by atoms with Crippen LogP contribution in [0.3, 0.4) is 0 Å². The molecule has 2 amide bonds. The summed E-state index contributed by atoms with van der Waals surface area (Å²) >= 11 is 0. The molecule has 36 nitrogen and oxygen atoms in total. The number of nitrogen functional groups attached to an aromatic ring is 4. The highest BCUT2D eigenvalue weighted by Gasteiger charge is 2.31. The molecule has 0 radical (unpaired) electrons. The highest BCUT2D eigenvalue weighted by molar-refractivity contribution is 5.94. The molecule has 122 heavy (non-hydrogen) atoms. The zero-order valence-electron chi connectivity index (χ0n) is 68.0. The molecular weight excluding hydrogens is 1560 g/mol. The summed E-state index contributed by atoms with van der Waals surface area (Å²) in [6.45, 7) is 5.30. The molecule has 14 aromatic rings. The van der Waals surface area contributed by atoms with E-state index in [0.717, 1.165) is 202 Å². The number of hydrogen-bond donors (Lipinski definition) is 11. The molecule has 5 aliphatic carbocycles. The second kappa shape index (κ2) is 34.9. The zero-order valence-corrected chi connectivity index (χ0v) is 68.0. The minimum absolute atomic E-state index is 0.0111. The minimum atomic E-state index is -0.615. The number of rotatable bonds is 11. The fourth-order valence-electron chi connectivity index (χ4n) is 17.8. The summed E-state index contributed by atoms with van der Waals surface area (Å²) in [6.07, 6.45) is 34.0. The van der Waals surface area contributed by atoms with Crippen LogP contribution >= 0.6 is 0 Å². The van der Waals surface area contributed by atoms with E-state index in [1.54, 1.807) is 17.1 Å². The van der Waals surface area contributed by atoms with Gasteiger partial charge in [0.15, 0.2) is 35.3 Å². The van der Waals surface area contributed by atoms with Crippen LogP contribution < -0.4 is 28.3 Å². The van der Waals surface area contributed by atoms with E-state index in [0.29, 0.717) is 59.6 Å². The normalized spacial score (nSPS) is 18.3. The number of anilines is 5. The van der Waals surface area contributed by atoms with Gasteiger partial charge in [0.25, 0.3) is 0 Å². The van der Waals surface area contributed by atoms with Gasteiger partial charge in [-0.25, -0.2) is 38.8 Å². The van der Waals surface area contributed by atoms with Gasteiger partial charge < -0.3 is 72.2 Å². The molecule has 3 atom stereocenters. The van der Waals surface area contributed by atoms with Crippen molar-refractivity contribution in [2.45, 2.75) is 173 Å². The summed E-state index contributed by atoms with van der Waals surface area (Å²) in [5.41, 5.74) is 50.5. The quantitative estimate of drug-likeness (QED) is 0.0248. The summed E-state index contributed by atoms with van der Waals surface area (Å²) in [4.78, 5) is 80.3. The first-order chi connectivity index (χ1) is 59.4. The lowest BCUT2D eigenvalue weighted by Crippen LogP contribution is -2.48. The van der Waals surface area contributed by atoms with Gasteiger partial charge >= 0.3 is 17.4 Å². The van der Waals surface area contributed by atoms with Gasteiger partial charge in [-0.1, -0.05) is 0 Å². The smallest absolute Gasteiger partial charge is 0.322 e. The molecule has 9 aliphatic rings. The van der Waals surface area contributed by atoms with Crippen LogP contribution in [0.2, 0.25) is 0 Å². The van der Waals surface area contributed by atoms with Crippen LogP contribution in [0.5, 0.6) is 0 Å². The van der Waals surface area contributed by atoms with E-state index in [1.165, 1.54) is 130 Å². The summed E-state index contributed by atoms with van der Waals surface area (Å²) in [7, 11) is 2.07. The van der Waals surface area contributed by atoms with Gasteiger partial charge in [0.1, 0.15) is 42.5 Å². The van der Waals surface area contributed by atoms with Gasteiger partial charge in [-0.3, -0.25) is 35.2 Å². The molecule has 4 saturated heterocycles. The van der Waals surface area contributed by atoms with Crippen LogP contribution in [0.1, 0.15) is 175 Å². The maximum atomic E-state index is 12.6. The van der Waals surface area contributed by atoms with E-state index in [-0.39, 0.29) is 47.5 Å². The first-order valence-corrected chi connectivity index (χ1v) is 42.4. The zero-order chi connectivity index (χ0) is 83.6. The van der Waals surface area contributed by atoms with Gasteiger partial charge in [-0.2, -0.15) is 25.5 Å². The van der Waals surface area contributed by atoms with Gasteiger partial charge in [0.2, 0.25) is 11.4 Å². The van der Waals surface area contributed by atoms with E-state index in [4.69, 9.17) is 47.1 Å². The number of nitrogens with two attached hydrogens (primary N) is 4. The number of aldehydes is 1. The third kappa shape index (κ3) is 17.1. The van der Waals surface area contributed by atoms with E-state index in [2.05, 4.69) is 131 Å². The van der Waals surface area contributed by atoms with Crippen molar-refractivity contribution in [2.24, 2.45) is 0 Å². The fraction of sp³-hybridized carbons (Fsp3) is 0.407. The molecule has 9 aromatic heterocycles. The number of imidazole rings is 4. The van der Waals surface area contributed by atoms with Crippen molar-refractivity contribution in [3.63, 3.8) is 0 Å². The molecular formula is C86H99N27O9. The number of nitro groups is 2. The lowest BCUT2D eigenvalue weighted by molar-refractivity contribution is -0.385. The Morgan fingerprint density at radius 3 is 1.24 bits per heavy atom. The summed E-state index contributed by atoms with van der Waals surface area (Å²) in [5, 5.41) is 52.0. The maximum absolute atomic E-state index is 12.6. The van der Waals surface area contributed by atoms with Crippen LogP contribution in [0.25, 0.3) is 90.2 Å². The topological polar surface area (TPSA) is 496 Å². The first-order valence-electron chi connectivity index (χ1n) is 42.4. The molecule has 13 heterocycles. The Balaban J connectivity index is 0.000000102. The van der Waals surface area contributed by atoms with E-state index >= 15 is 0 Å². The molecule has 36 heteroatoms. The number of aromatic nitrogens is 18. The SMILES string of the molecule is CN1CCN(C(=O)Nc2cn[nH]c2-c2nc3cc4c(cc3[nH]2)CCC4)CC1.Nc1cc2c(cc1N)CCC2.Nc1cn(C2CCCCO2)nc1-c1nc2cc3c(cc2[nH]1)CCC3.Nc1cn[nH]c1-c1nc2cc3c(cc2[nH]1)CCC3.O=Cc1nn(C2CCCCO2)cc1[N+](=O)[O-].O=[N+]([O-])c1cn(C2CCCCO2)nc1-c1nc2cc3c(cc2[nH]1)CCC3. The number of H-pyrrole nitrogens is 6. The number of aryl methyl sites for hydroxylation is 10. The number of hydrogen-bond acceptors (Lipinski definition) is 23. The second-order valence-corrected chi connectivity index (χ2v) is 32.7. The lowest BCUT2D eigenvalue weighted by atomic mass is 10.1. The van der Waals surface area contributed by atoms with Crippen molar-refractivity contribution >= 4 is 96.3 Å². The largest absolute Gasteiger partial charge is 0.397 e. The Labute approximate surface area is 699 Å². The number of aromatic amines is 6. The summed E-state index contributed by atoms with van der Waals surface area (Å²) in [6, 6.07) is 21.3. The van der Waals surface area contributed by atoms with Crippen molar-refractivity contribution in [1.82, 2.24) is 99.4 Å². The number of nitrogens with zero attached hydrogens (tertiary/aromatic N) is 16. The predicted octanol–water partition coefficient (Wildman–Crippen LogP) is 13.6. The van der Waals surface area contributed by atoms with Gasteiger partial charge in [-0.05, 0) is 277 Å². The molecule has 632 valence electrons. The van der Waals surface area contributed by atoms with E-state index < -0.39 is 9.85 Å². The van der Waals surface area contributed by atoms with Crippen molar-refractivity contribution in [2.75, 3.05) is 81.3 Å². The second-order valence-electron chi connectivity index (χ2n) is 32.7. The standard InChI is InChI=1S/C19H23N7O.C18H19N5O3.C18H21N5O.C13H13N5.C9H11N3O4.C9H12N2/c1-25-5-7-26(8-6-25)19(27)23-16-11-20-24-17(16)18-21-14-9-12-3-2-4-13(12)10-15(14)22-18;24-23(25)15-10-22(16-6-1-2-7-26-16)21-17(15)18-19-13-8-11-4-3-5-12(11)9-14(13)20-18;19-13-10-23(16-6-1-2-7-24-16)22-17(13)18-20-14-8-11-4-3-5-12(11)9-15(14)21-18;14-9-6-15-18-12(9)13-16-10-4-7-2-1-3-8(7)5-11(10)17-13;13-6-7-8(12(14)15)5-11(10-7)9-3-1-2-4-16-9;10-8-4-6-2-1-3-7(6)5-9(8)11/h9-11H,2-8H2,1H3,(H,20,24)(H,21,22)(H,23,27);8-10,16H,1-7H2,(H,19,20);8-10,16H,1-7,19H2,(H,20,21);4-6H,1-3,14H2,(H,15,18)(H,16,17);5-6,9H,1-4H2;4-5H,1-3,10-11H2. The van der Waals surface area contributed by atoms with Crippen molar-refractivity contribution in [1.29, 1.82) is 0 Å². The predicted molar refractivity (Wildman–Crippen MR) is 462 cm³/mol. The monoisotopic (exact) mass is 1650 g/mol. The Bertz CT molecular complexity index is 6010. The molecule has 0 spiro atoms. The van der Waals surface area contributed by atoms with Crippen LogP contribution in [0.4, 0.5) is 44.6 Å². The number of nitrogens with one attached hydrogen (secondary N) is 7. The first kappa shape index (κ1) is 79.9. The average Bonchev–Trinajstić information content (AvgIpc) is 1.62. The summed E-state index contributed by atoms with van der Waals surface area (Å²) < 4.78 is 21.7. The van der Waals surface area contributed by atoms with Gasteiger partial charge in [0.05, 0.1) is 101 Å². The molecule has 23 rings (SSSR count). The van der Waals surface area contributed by atoms with Crippen LogP contribution in [-0.4, -0.2) is 175 Å². The molecule has 0 saturated carbocycles. The minimum Gasteiger partial charge on any atom is -0.397 e. The number of amides is 2. The highest BCUT2D eigenvalue weighted by Crippen LogP contribution is 2.39. The number of carbonyl (C=O) groups excluding carboxylic acids is 2. The van der Waals surface area contributed by atoms with E-state index in [1.807, 2.05) is 27.9 Å². The highest BCUT2D eigenvalue weighted by atomic mass is 16.6. The molecule has 4 fully saturated rings. The third-order valence-electron chi connectivity index (χ3n) is 24.4.